The highest BCUT2D eigenvalue weighted by molar-refractivity contribution is 5.79. The van der Waals surface area contributed by atoms with Crippen LogP contribution in [0.2, 0.25) is 0 Å². The number of carbonyl (C=O) groups is 1. The molecule has 3 N–H and O–H groups in total. The van der Waals surface area contributed by atoms with Crippen LogP contribution in [0.1, 0.15) is 19.4 Å². The van der Waals surface area contributed by atoms with Gasteiger partial charge in [0.25, 0.3) is 5.69 Å². The van der Waals surface area contributed by atoms with Crippen molar-refractivity contribution in [3.05, 3.63) is 39.9 Å². The van der Waals surface area contributed by atoms with Gasteiger partial charge in [-0.2, -0.15) is 0 Å². The maximum Gasteiger partial charge on any atom is 0.274 e. The Kier molecular flexibility index (Phi) is 4.79. The standard InChI is InChI=1S/C12H17N3O3/c1-8(9(2)13)12(16)14-7-10-5-3-4-6-11(10)15(17)18/h3-6,8-9H,7,13H2,1-2H3,(H,14,16). The molecule has 1 aromatic carbocycles. The number of amides is 1. The molecule has 0 aliphatic heterocycles. The van der Waals surface area contributed by atoms with Crippen molar-refractivity contribution >= 4 is 11.6 Å². The second-order valence-electron chi connectivity index (χ2n) is 4.25. The molecule has 1 amide bonds. The zero-order valence-electron chi connectivity index (χ0n) is 10.4. The third kappa shape index (κ3) is 3.53. The molecule has 6 nitrogen and oxygen atoms in total. The number of nitro groups is 1. The van der Waals surface area contributed by atoms with Crippen molar-refractivity contribution in [2.45, 2.75) is 26.4 Å². The van der Waals surface area contributed by atoms with Crippen LogP contribution in [0.25, 0.3) is 0 Å². The Labute approximate surface area is 105 Å². The Bertz CT molecular complexity index is 446. The summed E-state index contributed by atoms with van der Waals surface area (Å²) in [5.41, 5.74) is 6.10. The summed E-state index contributed by atoms with van der Waals surface area (Å²) in [4.78, 5) is 22.0. The monoisotopic (exact) mass is 251 g/mol. The predicted octanol–water partition coefficient (Wildman–Crippen LogP) is 1.19. The highest BCUT2D eigenvalue weighted by Gasteiger charge is 2.18. The largest absolute Gasteiger partial charge is 0.351 e. The maximum atomic E-state index is 11.7. The van der Waals surface area contributed by atoms with E-state index in [9.17, 15) is 14.9 Å². The Morgan fingerprint density at radius 3 is 2.61 bits per heavy atom. The van der Waals surface area contributed by atoms with E-state index in [4.69, 9.17) is 5.73 Å². The van der Waals surface area contributed by atoms with Crippen LogP contribution in [0, 0.1) is 16.0 Å². The lowest BCUT2D eigenvalue weighted by atomic mass is 10.0. The summed E-state index contributed by atoms with van der Waals surface area (Å²) in [6.07, 6.45) is 0. The fourth-order valence-electron chi connectivity index (χ4n) is 1.42. The molecule has 1 rings (SSSR count). The van der Waals surface area contributed by atoms with E-state index in [1.165, 1.54) is 6.07 Å². The molecule has 18 heavy (non-hydrogen) atoms. The third-order valence-corrected chi connectivity index (χ3v) is 2.84. The van der Waals surface area contributed by atoms with E-state index in [2.05, 4.69) is 5.32 Å². The number of nitro benzene ring substituents is 1. The van der Waals surface area contributed by atoms with Crippen LogP contribution in [-0.2, 0) is 11.3 Å². The molecular formula is C12H17N3O3. The topological polar surface area (TPSA) is 98.3 Å². The minimum atomic E-state index is -0.462. The van der Waals surface area contributed by atoms with Crippen molar-refractivity contribution in [3.63, 3.8) is 0 Å². The van der Waals surface area contributed by atoms with Gasteiger partial charge in [-0.05, 0) is 6.92 Å². The lowest BCUT2D eigenvalue weighted by molar-refractivity contribution is -0.385. The summed E-state index contributed by atoms with van der Waals surface area (Å²) in [7, 11) is 0. The second-order valence-corrected chi connectivity index (χ2v) is 4.25. The number of nitrogens with two attached hydrogens (primary N) is 1. The minimum Gasteiger partial charge on any atom is -0.351 e. The van der Waals surface area contributed by atoms with Crippen LogP contribution in [0.15, 0.2) is 24.3 Å². The van der Waals surface area contributed by atoms with Crippen molar-refractivity contribution < 1.29 is 9.72 Å². The molecule has 6 heteroatoms. The van der Waals surface area contributed by atoms with Gasteiger partial charge in [-0.1, -0.05) is 25.1 Å². The molecule has 0 aromatic heterocycles. The fraction of sp³-hybridized carbons (Fsp3) is 0.417. The molecule has 0 aliphatic carbocycles. The summed E-state index contributed by atoms with van der Waals surface area (Å²) in [6, 6.07) is 6.07. The normalized spacial score (nSPS) is 13.7. The molecular weight excluding hydrogens is 234 g/mol. The Morgan fingerprint density at radius 2 is 2.06 bits per heavy atom. The van der Waals surface area contributed by atoms with Gasteiger partial charge in [-0.15, -0.1) is 0 Å². The van der Waals surface area contributed by atoms with Crippen molar-refractivity contribution in [2.24, 2.45) is 11.7 Å². The van der Waals surface area contributed by atoms with Gasteiger partial charge in [0.15, 0.2) is 0 Å². The molecule has 0 aliphatic rings. The first kappa shape index (κ1) is 14.1. The van der Waals surface area contributed by atoms with Gasteiger partial charge < -0.3 is 11.1 Å². The number of nitrogens with one attached hydrogen (secondary N) is 1. The molecule has 0 saturated heterocycles. The minimum absolute atomic E-state index is 0.00579. The van der Waals surface area contributed by atoms with E-state index in [-0.39, 0.29) is 30.1 Å². The Hall–Kier alpha value is -1.95. The third-order valence-electron chi connectivity index (χ3n) is 2.84. The van der Waals surface area contributed by atoms with Crippen molar-refractivity contribution in [3.8, 4) is 0 Å². The van der Waals surface area contributed by atoms with Gasteiger partial charge in [-0.3, -0.25) is 14.9 Å². The van der Waals surface area contributed by atoms with E-state index < -0.39 is 4.92 Å². The van der Waals surface area contributed by atoms with Crippen LogP contribution in [0.5, 0.6) is 0 Å². The summed E-state index contributed by atoms with van der Waals surface area (Å²) in [5, 5.41) is 13.4. The molecule has 2 unspecified atom stereocenters. The molecule has 0 bridgehead atoms. The van der Waals surface area contributed by atoms with Gasteiger partial charge in [-0.25, -0.2) is 0 Å². The number of benzene rings is 1. The van der Waals surface area contributed by atoms with Gasteiger partial charge in [0, 0.05) is 30.1 Å². The van der Waals surface area contributed by atoms with Gasteiger partial charge >= 0.3 is 0 Å². The van der Waals surface area contributed by atoms with E-state index in [0.717, 1.165) is 0 Å². The zero-order chi connectivity index (χ0) is 13.7. The van der Waals surface area contributed by atoms with Crippen LogP contribution in [0.3, 0.4) is 0 Å². The summed E-state index contributed by atoms with van der Waals surface area (Å²) in [5.74, 6) is -0.532. The number of carbonyl (C=O) groups excluding carboxylic acids is 1. The van der Waals surface area contributed by atoms with Crippen LogP contribution < -0.4 is 11.1 Å². The summed E-state index contributed by atoms with van der Waals surface area (Å²) < 4.78 is 0. The average molecular weight is 251 g/mol. The maximum absolute atomic E-state index is 11.7. The smallest absolute Gasteiger partial charge is 0.274 e. The number of hydrogen-bond donors (Lipinski definition) is 2. The lowest BCUT2D eigenvalue weighted by Crippen LogP contribution is -2.38. The van der Waals surface area contributed by atoms with E-state index in [1.54, 1.807) is 32.0 Å². The molecule has 98 valence electrons. The quantitative estimate of drug-likeness (QED) is 0.606. The van der Waals surface area contributed by atoms with Crippen molar-refractivity contribution in [2.75, 3.05) is 0 Å². The van der Waals surface area contributed by atoms with Gasteiger partial charge in [0.1, 0.15) is 0 Å². The predicted molar refractivity (Wildman–Crippen MR) is 67.8 cm³/mol. The van der Waals surface area contributed by atoms with Crippen molar-refractivity contribution in [1.82, 2.24) is 5.32 Å². The number of para-hydroxylation sites is 1. The van der Waals surface area contributed by atoms with E-state index in [0.29, 0.717) is 5.56 Å². The molecule has 0 spiro atoms. The Morgan fingerprint density at radius 1 is 1.44 bits per heavy atom. The first-order valence-corrected chi connectivity index (χ1v) is 5.69. The Balaban J connectivity index is 2.70. The summed E-state index contributed by atoms with van der Waals surface area (Å²) in [6.45, 7) is 3.60. The second kappa shape index (κ2) is 6.11. The molecule has 0 radical (unpaired) electrons. The van der Waals surface area contributed by atoms with Crippen LogP contribution >= 0.6 is 0 Å². The fourth-order valence-corrected chi connectivity index (χ4v) is 1.42. The van der Waals surface area contributed by atoms with Gasteiger partial charge in [0.05, 0.1) is 4.92 Å². The molecule has 2 atom stereocenters. The SMILES string of the molecule is CC(N)C(C)C(=O)NCc1ccccc1[N+](=O)[O-]. The molecule has 0 fully saturated rings. The van der Waals surface area contributed by atoms with Crippen LogP contribution in [0.4, 0.5) is 5.69 Å². The molecule has 1 aromatic rings. The van der Waals surface area contributed by atoms with Gasteiger partial charge in [0.2, 0.25) is 5.91 Å². The number of rotatable bonds is 5. The van der Waals surface area contributed by atoms with E-state index >= 15 is 0 Å². The summed E-state index contributed by atoms with van der Waals surface area (Å²) >= 11 is 0. The molecule has 0 saturated carbocycles. The zero-order valence-corrected chi connectivity index (χ0v) is 10.4. The molecule has 0 heterocycles. The first-order chi connectivity index (χ1) is 8.43. The highest BCUT2D eigenvalue weighted by Crippen LogP contribution is 2.17. The first-order valence-electron chi connectivity index (χ1n) is 5.69. The average Bonchev–Trinajstić information content (AvgIpc) is 2.35. The van der Waals surface area contributed by atoms with Crippen LogP contribution in [-0.4, -0.2) is 16.9 Å². The lowest BCUT2D eigenvalue weighted by Gasteiger charge is -2.15. The van der Waals surface area contributed by atoms with E-state index in [1.807, 2.05) is 0 Å². The van der Waals surface area contributed by atoms with Crippen molar-refractivity contribution in [1.29, 1.82) is 0 Å². The number of hydrogen-bond acceptors (Lipinski definition) is 4. The number of nitrogens with zero attached hydrogens (tertiary/aromatic N) is 1. The highest BCUT2D eigenvalue weighted by atomic mass is 16.6.